The Hall–Kier alpha value is -1.68. The second-order valence-electron chi connectivity index (χ2n) is 4.00. The molecule has 0 aliphatic carbocycles. The molecule has 0 aliphatic rings. The fraction of sp³-hybridized carbons (Fsp3) is 0.385. The Labute approximate surface area is 101 Å². The molecule has 0 saturated carbocycles. The van der Waals surface area contributed by atoms with Gasteiger partial charge in [-0.2, -0.15) is 0 Å². The second kappa shape index (κ2) is 5.59. The van der Waals surface area contributed by atoms with Crippen molar-refractivity contribution in [1.82, 2.24) is 4.90 Å². The molecule has 4 heteroatoms. The van der Waals surface area contributed by atoms with Crippen LogP contribution >= 0.6 is 0 Å². The Morgan fingerprint density at radius 1 is 1.12 bits per heavy atom. The minimum absolute atomic E-state index is 0.361. The summed E-state index contributed by atoms with van der Waals surface area (Å²) in [7, 11) is 0. The topological polar surface area (TPSA) is 57.6 Å². The molecule has 2 amide bonds. The Morgan fingerprint density at radius 2 is 1.59 bits per heavy atom. The van der Waals surface area contributed by atoms with E-state index in [0.29, 0.717) is 5.56 Å². The molecule has 0 fully saturated rings. The van der Waals surface area contributed by atoms with E-state index in [0.717, 1.165) is 4.90 Å². The molecule has 0 spiro atoms. The van der Waals surface area contributed by atoms with Crippen molar-refractivity contribution in [3.05, 3.63) is 35.9 Å². The number of hydrogen-bond acceptors (Lipinski definition) is 3. The summed E-state index contributed by atoms with van der Waals surface area (Å²) in [5.41, 5.74) is 0.688. The van der Waals surface area contributed by atoms with E-state index in [1.54, 1.807) is 31.2 Å². The zero-order valence-corrected chi connectivity index (χ0v) is 10.3. The van der Waals surface area contributed by atoms with Gasteiger partial charge in [0.05, 0.1) is 12.1 Å². The standard InChI is InChI=1S/C13H17NO3/c1-9(14(10(2)15)11(3)16)13(17)12-7-5-4-6-8-12/h4-9,13,17H,1-3H3/t9-,13-/m1/s1. The van der Waals surface area contributed by atoms with Crippen molar-refractivity contribution in [2.45, 2.75) is 32.9 Å². The highest BCUT2D eigenvalue weighted by molar-refractivity contribution is 5.93. The van der Waals surface area contributed by atoms with Gasteiger partial charge in [0.25, 0.3) is 0 Å². The molecule has 0 aromatic heterocycles. The molecule has 1 aromatic carbocycles. The average molecular weight is 235 g/mol. The summed E-state index contributed by atoms with van der Waals surface area (Å²) >= 11 is 0. The minimum atomic E-state index is -0.871. The lowest BCUT2D eigenvalue weighted by Gasteiger charge is -2.29. The van der Waals surface area contributed by atoms with Crippen LogP contribution < -0.4 is 0 Å². The smallest absolute Gasteiger partial charge is 0.226 e. The maximum Gasteiger partial charge on any atom is 0.226 e. The summed E-state index contributed by atoms with van der Waals surface area (Å²) in [6.07, 6.45) is -0.871. The van der Waals surface area contributed by atoms with Gasteiger partial charge in [0.2, 0.25) is 11.8 Å². The minimum Gasteiger partial charge on any atom is -0.386 e. The van der Waals surface area contributed by atoms with Crippen LogP contribution in [0.2, 0.25) is 0 Å². The maximum absolute atomic E-state index is 11.4. The van der Waals surface area contributed by atoms with Crippen molar-refractivity contribution in [3.8, 4) is 0 Å². The van der Waals surface area contributed by atoms with E-state index < -0.39 is 12.1 Å². The van der Waals surface area contributed by atoms with E-state index in [4.69, 9.17) is 0 Å². The summed E-state index contributed by atoms with van der Waals surface area (Å²) < 4.78 is 0. The fourth-order valence-corrected chi connectivity index (χ4v) is 1.87. The van der Waals surface area contributed by atoms with Gasteiger partial charge in [-0.25, -0.2) is 0 Å². The summed E-state index contributed by atoms with van der Waals surface area (Å²) in [5, 5.41) is 10.1. The van der Waals surface area contributed by atoms with Crippen LogP contribution in [0.15, 0.2) is 30.3 Å². The molecule has 0 radical (unpaired) electrons. The molecule has 1 N–H and O–H groups in total. The highest BCUT2D eigenvalue weighted by Gasteiger charge is 2.27. The normalized spacial score (nSPS) is 13.9. The first-order valence-electron chi connectivity index (χ1n) is 5.48. The van der Waals surface area contributed by atoms with E-state index in [1.807, 2.05) is 6.07 Å². The Bertz CT molecular complexity index is 388. The molecule has 0 unspecified atom stereocenters. The van der Waals surface area contributed by atoms with Crippen LogP contribution in [0.1, 0.15) is 32.4 Å². The van der Waals surface area contributed by atoms with Crippen LogP contribution in [-0.4, -0.2) is 27.9 Å². The van der Waals surface area contributed by atoms with Gasteiger partial charge in [-0.3, -0.25) is 14.5 Å². The maximum atomic E-state index is 11.4. The van der Waals surface area contributed by atoms with E-state index in [-0.39, 0.29) is 11.8 Å². The summed E-state index contributed by atoms with van der Waals surface area (Å²) in [4.78, 5) is 23.8. The van der Waals surface area contributed by atoms with Gasteiger partial charge < -0.3 is 5.11 Å². The van der Waals surface area contributed by atoms with Crippen LogP contribution in [0.25, 0.3) is 0 Å². The predicted octanol–water partition coefficient (Wildman–Crippen LogP) is 1.50. The molecule has 1 rings (SSSR count). The predicted molar refractivity (Wildman–Crippen MR) is 64.1 cm³/mol. The van der Waals surface area contributed by atoms with Crippen LogP contribution in [0.5, 0.6) is 0 Å². The number of benzene rings is 1. The van der Waals surface area contributed by atoms with E-state index in [2.05, 4.69) is 0 Å². The average Bonchev–Trinajstić information content (AvgIpc) is 2.28. The molecule has 0 heterocycles. The van der Waals surface area contributed by atoms with Crippen LogP contribution in [0.4, 0.5) is 0 Å². The van der Waals surface area contributed by atoms with Gasteiger partial charge >= 0.3 is 0 Å². The summed E-state index contributed by atoms with van der Waals surface area (Å²) in [6, 6.07) is 8.40. The Balaban J connectivity index is 2.92. The number of rotatable bonds is 3. The van der Waals surface area contributed by atoms with Crippen molar-refractivity contribution >= 4 is 11.8 Å². The lowest BCUT2D eigenvalue weighted by Crippen LogP contribution is -2.43. The molecule has 2 atom stereocenters. The molecule has 1 aromatic rings. The van der Waals surface area contributed by atoms with Gasteiger partial charge in [-0.05, 0) is 12.5 Å². The second-order valence-corrected chi connectivity index (χ2v) is 4.00. The largest absolute Gasteiger partial charge is 0.386 e. The van der Waals surface area contributed by atoms with E-state index in [1.165, 1.54) is 13.8 Å². The SMILES string of the molecule is CC(=O)N(C(C)=O)[C@H](C)[C@@H](O)c1ccccc1. The van der Waals surface area contributed by atoms with Crippen molar-refractivity contribution in [1.29, 1.82) is 0 Å². The van der Waals surface area contributed by atoms with Crippen molar-refractivity contribution < 1.29 is 14.7 Å². The summed E-state index contributed by atoms with van der Waals surface area (Å²) in [6.45, 7) is 4.28. The van der Waals surface area contributed by atoms with Gasteiger partial charge in [0.1, 0.15) is 0 Å². The highest BCUT2D eigenvalue weighted by Crippen LogP contribution is 2.20. The molecular formula is C13H17NO3. The third-order valence-corrected chi connectivity index (χ3v) is 2.68. The van der Waals surface area contributed by atoms with E-state index >= 15 is 0 Å². The van der Waals surface area contributed by atoms with Crippen molar-refractivity contribution in [3.63, 3.8) is 0 Å². The zero-order chi connectivity index (χ0) is 13.0. The van der Waals surface area contributed by atoms with Gasteiger partial charge in [0, 0.05) is 13.8 Å². The first-order chi connectivity index (χ1) is 7.95. The first kappa shape index (κ1) is 13.4. The Morgan fingerprint density at radius 3 is 2.00 bits per heavy atom. The van der Waals surface area contributed by atoms with Crippen LogP contribution in [0.3, 0.4) is 0 Å². The van der Waals surface area contributed by atoms with E-state index in [9.17, 15) is 14.7 Å². The van der Waals surface area contributed by atoms with Crippen LogP contribution in [-0.2, 0) is 9.59 Å². The number of imide groups is 1. The van der Waals surface area contributed by atoms with Crippen molar-refractivity contribution in [2.75, 3.05) is 0 Å². The summed E-state index contributed by atoms with van der Waals surface area (Å²) in [5.74, 6) is -0.722. The molecule has 0 saturated heterocycles. The number of carbonyl (C=O) groups is 2. The first-order valence-corrected chi connectivity index (χ1v) is 5.48. The van der Waals surface area contributed by atoms with Crippen molar-refractivity contribution in [2.24, 2.45) is 0 Å². The van der Waals surface area contributed by atoms with Gasteiger partial charge in [0.15, 0.2) is 0 Å². The number of amides is 2. The molecular weight excluding hydrogens is 218 g/mol. The molecule has 4 nitrogen and oxygen atoms in total. The molecule has 92 valence electrons. The number of aliphatic hydroxyl groups excluding tert-OH is 1. The number of nitrogens with zero attached hydrogens (tertiary/aromatic N) is 1. The highest BCUT2D eigenvalue weighted by atomic mass is 16.3. The lowest BCUT2D eigenvalue weighted by molar-refractivity contribution is -0.147. The lowest BCUT2D eigenvalue weighted by atomic mass is 10.0. The van der Waals surface area contributed by atoms with Crippen LogP contribution in [0, 0.1) is 0 Å². The Kier molecular flexibility index (Phi) is 4.40. The zero-order valence-electron chi connectivity index (χ0n) is 10.3. The molecule has 0 aliphatic heterocycles. The number of hydrogen-bond donors (Lipinski definition) is 1. The molecule has 17 heavy (non-hydrogen) atoms. The third-order valence-electron chi connectivity index (χ3n) is 2.68. The number of carbonyl (C=O) groups excluding carboxylic acids is 2. The monoisotopic (exact) mass is 235 g/mol. The third kappa shape index (κ3) is 3.14. The molecule has 0 bridgehead atoms. The van der Waals surface area contributed by atoms with Gasteiger partial charge in [-0.15, -0.1) is 0 Å². The fourth-order valence-electron chi connectivity index (χ4n) is 1.87. The number of aliphatic hydroxyl groups is 1. The quantitative estimate of drug-likeness (QED) is 0.863. The van der Waals surface area contributed by atoms with Gasteiger partial charge in [-0.1, -0.05) is 30.3 Å².